The van der Waals surface area contributed by atoms with Crippen molar-refractivity contribution in [3.63, 3.8) is 0 Å². The highest BCUT2D eigenvalue weighted by Gasteiger charge is 2.33. The maximum atomic E-state index is 11.9. The summed E-state index contributed by atoms with van der Waals surface area (Å²) in [6.45, 7) is 4.71. The van der Waals surface area contributed by atoms with Gasteiger partial charge in [0.25, 0.3) is 0 Å². The number of hydrogen-bond donors (Lipinski definition) is 0. The molecule has 0 aromatic heterocycles. The van der Waals surface area contributed by atoms with Crippen LogP contribution in [0.1, 0.15) is 19.8 Å². The molecule has 1 aliphatic rings. The fraction of sp³-hybridized carbons (Fsp3) is 1.00. The highest BCUT2D eigenvalue weighted by atomic mass is 32.2. The second-order valence-electron chi connectivity index (χ2n) is 4.56. The van der Waals surface area contributed by atoms with Crippen LogP contribution >= 0.6 is 0 Å². The molecule has 1 aliphatic heterocycles. The first-order valence-electron chi connectivity index (χ1n) is 6.18. The average molecular weight is 264 g/mol. The maximum Gasteiger partial charge on any atom is 0.214 e. The SMILES string of the molecule is CCS(=O)(=O)N1CCC[C@@H]1CN(C)CCOC. The number of hydrogen-bond acceptors (Lipinski definition) is 4. The molecular weight excluding hydrogens is 240 g/mol. The van der Waals surface area contributed by atoms with Crippen molar-refractivity contribution >= 4 is 10.0 Å². The van der Waals surface area contributed by atoms with Crippen LogP contribution in [-0.4, -0.2) is 69.8 Å². The first-order chi connectivity index (χ1) is 8.01. The van der Waals surface area contributed by atoms with Crippen molar-refractivity contribution in [1.29, 1.82) is 0 Å². The molecule has 17 heavy (non-hydrogen) atoms. The summed E-state index contributed by atoms with van der Waals surface area (Å²) >= 11 is 0. The molecule has 0 aromatic carbocycles. The molecule has 1 saturated heterocycles. The van der Waals surface area contributed by atoms with Crippen molar-refractivity contribution in [3.05, 3.63) is 0 Å². The molecule has 6 heteroatoms. The highest BCUT2D eigenvalue weighted by molar-refractivity contribution is 7.89. The number of methoxy groups -OCH3 is 1. The van der Waals surface area contributed by atoms with E-state index in [2.05, 4.69) is 4.90 Å². The molecule has 1 rings (SSSR count). The number of ether oxygens (including phenoxy) is 1. The Labute approximate surface area is 105 Å². The third-order valence-electron chi connectivity index (χ3n) is 3.24. The Bertz CT molecular complexity index is 319. The molecule has 0 radical (unpaired) electrons. The molecule has 0 unspecified atom stereocenters. The summed E-state index contributed by atoms with van der Waals surface area (Å²) in [6, 6.07) is 0.141. The second kappa shape index (κ2) is 6.68. The summed E-state index contributed by atoms with van der Waals surface area (Å²) in [7, 11) is 0.648. The van der Waals surface area contributed by atoms with Gasteiger partial charge in [-0.15, -0.1) is 0 Å². The zero-order valence-electron chi connectivity index (χ0n) is 11.1. The predicted molar refractivity (Wildman–Crippen MR) is 68.6 cm³/mol. The van der Waals surface area contributed by atoms with Crippen LogP contribution in [0.3, 0.4) is 0 Å². The van der Waals surface area contributed by atoms with E-state index < -0.39 is 10.0 Å². The van der Waals surface area contributed by atoms with Gasteiger partial charge in [0.05, 0.1) is 12.4 Å². The number of sulfonamides is 1. The van der Waals surface area contributed by atoms with Gasteiger partial charge in [0.15, 0.2) is 0 Å². The Hall–Kier alpha value is -0.170. The van der Waals surface area contributed by atoms with Crippen LogP contribution in [-0.2, 0) is 14.8 Å². The molecule has 0 amide bonds. The van der Waals surface area contributed by atoms with Crippen LogP contribution in [0, 0.1) is 0 Å². The highest BCUT2D eigenvalue weighted by Crippen LogP contribution is 2.21. The molecule has 0 saturated carbocycles. The number of rotatable bonds is 7. The molecule has 1 fully saturated rings. The zero-order chi connectivity index (χ0) is 12.9. The Morgan fingerprint density at radius 2 is 2.18 bits per heavy atom. The van der Waals surface area contributed by atoms with E-state index in [1.54, 1.807) is 18.3 Å². The average Bonchev–Trinajstić information content (AvgIpc) is 2.75. The van der Waals surface area contributed by atoms with Gasteiger partial charge in [-0.05, 0) is 26.8 Å². The lowest BCUT2D eigenvalue weighted by Crippen LogP contribution is -2.43. The van der Waals surface area contributed by atoms with Crippen LogP contribution in [0.2, 0.25) is 0 Å². The summed E-state index contributed by atoms with van der Waals surface area (Å²) in [5.74, 6) is 0.200. The fourth-order valence-electron chi connectivity index (χ4n) is 2.22. The minimum atomic E-state index is -3.04. The first kappa shape index (κ1) is 14.9. The largest absolute Gasteiger partial charge is 0.383 e. The van der Waals surface area contributed by atoms with Crippen molar-refractivity contribution in [1.82, 2.24) is 9.21 Å². The van der Waals surface area contributed by atoms with E-state index in [0.29, 0.717) is 13.2 Å². The molecule has 102 valence electrons. The standard InChI is InChI=1S/C11H24N2O3S/c1-4-17(14,15)13-7-5-6-11(13)10-12(2)8-9-16-3/h11H,4-10H2,1-3H3/t11-/m1/s1. The van der Waals surface area contributed by atoms with Crippen LogP contribution in [0.15, 0.2) is 0 Å². The molecule has 0 aromatic rings. The predicted octanol–water partition coefficient (Wildman–Crippen LogP) is 0.379. The maximum absolute atomic E-state index is 11.9. The van der Waals surface area contributed by atoms with Gasteiger partial charge in [-0.25, -0.2) is 8.42 Å². The lowest BCUT2D eigenvalue weighted by Gasteiger charge is -2.27. The number of nitrogens with zero attached hydrogens (tertiary/aromatic N) is 2. The van der Waals surface area contributed by atoms with E-state index >= 15 is 0 Å². The molecule has 1 heterocycles. The van der Waals surface area contributed by atoms with Crippen LogP contribution in [0.5, 0.6) is 0 Å². The topological polar surface area (TPSA) is 49.9 Å². The van der Waals surface area contributed by atoms with Crippen LogP contribution < -0.4 is 0 Å². The summed E-state index contributed by atoms with van der Waals surface area (Å²) in [6.07, 6.45) is 1.94. The summed E-state index contributed by atoms with van der Waals surface area (Å²) in [4.78, 5) is 2.14. The summed E-state index contributed by atoms with van der Waals surface area (Å²) in [5.41, 5.74) is 0. The third kappa shape index (κ3) is 4.21. The van der Waals surface area contributed by atoms with Gasteiger partial charge in [-0.2, -0.15) is 4.31 Å². The van der Waals surface area contributed by atoms with Gasteiger partial charge in [0.2, 0.25) is 10.0 Å². The van der Waals surface area contributed by atoms with Crippen molar-refractivity contribution < 1.29 is 13.2 Å². The molecule has 0 aliphatic carbocycles. The van der Waals surface area contributed by atoms with E-state index in [0.717, 1.165) is 25.9 Å². The summed E-state index contributed by atoms with van der Waals surface area (Å²) in [5, 5.41) is 0. The molecule has 0 spiro atoms. The zero-order valence-corrected chi connectivity index (χ0v) is 11.9. The normalized spacial score (nSPS) is 22.5. The Balaban J connectivity index is 2.52. The lowest BCUT2D eigenvalue weighted by atomic mass is 10.2. The minimum Gasteiger partial charge on any atom is -0.383 e. The second-order valence-corrected chi connectivity index (χ2v) is 6.77. The molecule has 0 N–H and O–H groups in total. The Morgan fingerprint density at radius 1 is 1.47 bits per heavy atom. The smallest absolute Gasteiger partial charge is 0.214 e. The Morgan fingerprint density at radius 3 is 2.76 bits per heavy atom. The van der Waals surface area contributed by atoms with Crippen LogP contribution in [0.4, 0.5) is 0 Å². The van der Waals surface area contributed by atoms with Gasteiger partial charge < -0.3 is 9.64 Å². The minimum absolute atomic E-state index is 0.141. The third-order valence-corrected chi connectivity index (χ3v) is 5.17. The molecule has 0 bridgehead atoms. The monoisotopic (exact) mass is 264 g/mol. The van der Waals surface area contributed by atoms with Gasteiger partial charge in [-0.3, -0.25) is 0 Å². The van der Waals surface area contributed by atoms with Gasteiger partial charge in [0.1, 0.15) is 0 Å². The van der Waals surface area contributed by atoms with Gasteiger partial charge >= 0.3 is 0 Å². The fourth-order valence-corrected chi connectivity index (χ4v) is 3.59. The van der Waals surface area contributed by atoms with Gasteiger partial charge in [0, 0.05) is 32.8 Å². The number of likely N-dealkylation sites (N-methyl/N-ethyl adjacent to an activating group) is 1. The first-order valence-corrected chi connectivity index (χ1v) is 7.79. The lowest BCUT2D eigenvalue weighted by molar-refractivity contribution is 0.151. The van der Waals surface area contributed by atoms with Crippen molar-refractivity contribution in [2.45, 2.75) is 25.8 Å². The van der Waals surface area contributed by atoms with Crippen molar-refractivity contribution in [2.75, 3.05) is 46.2 Å². The quantitative estimate of drug-likeness (QED) is 0.667. The molecule has 5 nitrogen and oxygen atoms in total. The van der Waals surface area contributed by atoms with E-state index in [1.165, 1.54) is 0 Å². The van der Waals surface area contributed by atoms with Crippen molar-refractivity contribution in [3.8, 4) is 0 Å². The van der Waals surface area contributed by atoms with E-state index in [-0.39, 0.29) is 11.8 Å². The van der Waals surface area contributed by atoms with Crippen molar-refractivity contribution in [2.24, 2.45) is 0 Å². The van der Waals surface area contributed by atoms with Gasteiger partial charge in [-0.1, -0.05) is 0 Å². The molecule has 1 atom stereocenters. The molecular formula is C11H24N2O3S. The van der Waals surface area contributed by atoms with E-state index in [9.17, 15) is 8.42 Å². The Kier molecular flexibility index (Phi) is 5.85. The summed E-state index contributed by atoms with van der Waals surface area (Å²) < 4.78 is 30.5. The van der Waals surface area contributed by atoms with E-state index in [4.69, 9.17) is 4.74 Å². The van der Waals surface area contributed by atoms with Crippen LogP contribution in [0.25, 0.3) is 0 Å². The van der Waals surface area contributed by atoms with E-state index in [1.807, 2.05) is 7.05 Å².